The van der Waals surface area contributed by atoms with Crippen molar-refractivity contribution >= 4 is 15.7 Å². The molecule has 0 aliphatic carbocycles. The summed E-state index contributed by atoms with van der Waals surface area (Å²) < 4.78 is 24.5. The molecule has 0 aromatic heterocycles. The lowest BCUT2D eigenvalue weighted by Gasteiger charge is -2.26. The molecule has 0 N–H and O–H groups in total. The molecule has 0 heterocycles. The predicted molar refractivity (Wildman–Crippen MR) is 84.8 cm³/mol. The Morgan fingerprint density at radius 2 is 1.48 bits per heavy atom. The van der Waals surface area contributed by atoms with Crippen LogP contribution >= 0.6 is 0 Å². The number of benzene rings is 1. The van der Waals surface area contributed by atoms with Gasteiger partial charge in [-0.05, 0) is 24.0 Å². The predicted octanol–water partition coefficient (Wildman–Crippen LogP) is 2.60. The number of carbonyl (C=O) groups is 1. The van der Waals surface area contributed by atoms with Crippen LogP contribution in [-0.2, 0) is 14.6 Å². The molecule has 1 aromatic carbocycles. The Bertz CT molecular complexity index is 540. The van der Waals surface area contributed by atoms with Gasteiger partial charge in [-0.1, -0.05) is 45.9 Å². The molecule has 21 heavy (non-hydrogen) atoms. The zero-order chi connectivity index (χ0) is 16.0. The summed E-state index contributed by atoms with van der Waals surface area (Å²) in [5, 5.41) is 0. The summed E-state index contributed by atoms with van der Waals surface area (Å²) in [6.45, 7) is 9.25. The van der Waals surface area contributed by atoms with Crippen LogP contribution in [0.25, 0.3) is 0 Å². The van der Waals surface area contributed by atoms with Crippen molar-refractivity contribution in [1.29, 1.82) is 0 Å². The van der Waals surface area contributed by atoms with Crippen molar-refractivity contribution in [2.24, 2.45) is 11.8 Å². The Morgan fingerprint density at radius 3 is 1.90 bits per heavy atom. The monoisotopic (exact) mass is 311 g/mol. The third kappa shape index (κ3) is 5.87. The van der Waals surface area contributed by atoms with Gasteiger partial charge in [-0.2, -0.15) is 0 Å². The fraction of sp³-hybridized carbons (Fsp3) is 0.562. The second-order valence-corrected chi connectivity index (χ2v) is 8.15. The molecule has 1 rings (SSSR count). The first-order valence-electron chi connectivity index (χ1n) is 7.28. The molecule has 0 aliphatic rings. The van der Waals surface area contributed by atoms with Crippen molar-refractivity contribution in [3.63, 3.8) is 0 Å². The highest BCUT2D eigenvalue weighted by atomic mass is 32.2. The average molecular weight is 311 g/mol. The minimum Gasteiger partial charge on any atom is -0.341 e. The van der Waals surface area contributed by atoms with E-state index in [2.05, 4.69) is 0 Å². The standard InChI is InChI=1S/C16H25NO3S/c1-13(2)10-17(11-14(3)4)16(18)12-21(19,20)15-8-6-5-7-9-15/h5-9,13-14H,10-12H2,1-4H3. The van der Waals surface area contributed by atoms with Crippen LogP contribution in [0.4, 0.5) is 0 Å². The van der Waals surface area contributed by atoms with E-state index in [9.17, 15) is 13.2 Å². The Labute approximate surface area is 128 Å². The van der Waals surface area contributed by atoms with Crippen molar-refractivity contribution in [3.8, 4) is 0 Å². The van der Waals surface area contributed by atoms with Gasteiger partial charge in [0.05, 0.1) is 4.90 Å². The minimum absolute atomic E-state index is 0.201. The Kier molecular flexibility index (Phi) is 6.40. The van der Waals surface area contributed by atoms with Gasteiger partial charge < -0.3 is 4.90 Å². The maximum atomic E-state index is 12.3. The molecule has 1 amide bonds. The summed E-state index contributed by atoms with van der Waals surface area (Å²) in [7, 11) is -3.57. The van der Waals surface area contributed by atoms with Crippen LogP contribution in [0.2, 0.25) is 0 Å². The molecular weight excluding hydrogens is 286 g/mol. The summed E-state index contributed by atoms with van der Waals surface area (Å²) in [6.07, 6.45) is 0. The van der Waals surface area contributed by atoms with Crippen LogP contribution in [-0.4, -0.2) is 38.1 Å². The first kappa shape index (κ1) is 17.7. The summed E-state index contributed by atoms with van der Waals surface area (Å²) in [4.78, 5) is 14.2. The molecule has 0 aliphatic heterocycles. The first-order valence-corrected chi connectivity index (χ1v) is 8.93. The zero-order valence-electron chi connectivity index (χ0n) is 13.2. The van der Waals surface area contributed by atoms with Gasteiger partial charge in [0.2, 0.25) is 5.91 Å². The zero-order valence-corrected chi connectivity index (χ0v) is 14.1. The number of carbonyl (C=O) groups excluding carboxylic acids is 1. The van der Waals surface area contributed by atoms with Crippen molar-refractivity contribution in [3.05, 3.63) is 30.3 Å². The SMILES string of the molecule is CC(C)CN(CC(C)C)C(=O)CS(=O)(=O)c1ccccc1. The molecule has 0 spiro atoms. The van der Waals surface area contributed by atoms with Crippen molar-refractivity contribution < 1.29 is 13.2 Å². The molecule has 0 bridgehead atoms. The molecule has 5 heteroatoms. The van der Waals surface area contributed by atoms with E-state index < -0.39 is 15.6 Å². The second kappa shape index (κ2) is 7.59. The van der Waals surface area contributed by atoms with Crippen molar-refractivity contribution in [2.75, 3.05) is 18.8 Å². The minimum atomic E-state index is -3.57. The maximum Gasteiger partial charge on any atom is 0.238 e. The van der Waals surface area contributed by atoms with E-state index in [1.54, 1.807) is 23.1 Å². The molecule has 0 unspecified atom stereocenters. The van der Waals surface area contributed by atoms with Crippen LogP contribution in [0.1, 0.15) is 27.7 Å². The van der Waals surface area contributed by atoms with Gasteiger partial charge in [0.25, 0.3) is 0 Å². The van der Waals surface area contributed by atoms with Crippen LogP contribution in [0.15, 0.2) is 35.2 Å². The third-order valence-corrected chi connectivity index (χ3v) is 4.56. The van der Waals surface area contributed by atoms with Gasteiger partial charge in [-0.25, -0.2) is 8.42 Å². The van der Waals surface area contributed by atoms with Crippen LogP contribution < -0.4 is 0 Å². The van der Waals surface area contributed by atoms with Crippen LogP contribution in [0.3, 0.4) is 0 Å². The third-order valence-electron chi connectivity index (χ3n) is 2.94. The Balaban J connectivity index is 2.85. The van der Waals surface area contributed by atoms with E-state index in [0.717, 1.165) is 0 Å². The number of nitrogens with zero attached hydrogens (tertiary/aromatic N) is 1. The second-order valence-electron chi connectivity index (χ2n) is 6.16. The van der Waals surface area contributed by atoms with Gasteiger partial charge in [0, 0.05) is 13.1 Å². The first-order chi connectivity index (χ1) is 9.72. The summed E-state index contributed by atoms with van der Waals surface area (Å²) in [5.74, 6) is -0.156. The lowest BCUT2D eigenvalue weighted by atomic mass is 10.1. The van der Waals surface area contributed by atoms with E-state index in [0.29, 0.717) is 24.9 Å². The average Bonchev–Trinajstić information content (AvgIpc) is 2.37. The Hall–Kier alpha value is -1.36. The van der Waals surface area contributed by atoms with Crippen LogP contribution in [0.5, 0.6) is 0 Å². The maximum absolute atomic E-state index is 12.3. The molecule has 0 saturated carbocycles. The van der Waals surface area contributed by atoms with Crippen LogP contribution in [0, 0.1) is 11.8 Å². The lowest BCUT2D eigenvalue weighted by molar-refractivity contribution is -0.129. The number of sulfone groups is 1. The van der Waals surface area contributed by atoms with E-state index >= 15 is 0 Å². The number of amides is 1. The molecule has 118 valence electrons. The van der Waals surface area contributed by atoms with E-state index in [1.807, 2.05) is 27.7 Å². The Morgan fingerprint density at radius 1 is 1.00 bits per heavy atom. The molecule has 1 aromatic rings. The molecule has 0 radical (unpaired) electrons. The summed E-state index contributed by atoms with van der Waals surface area (Å²) in [5.41, 5.74) is 0. The normalized spacial score (nSPS) is 11.9. The van der Waals surface area contributed by atoms with E-state index in [1.165, 1.54) is 12.1 Å². The van der Waals surface area contributed by atoms with Gasteiger partial charge >= 0.3 is 0 Å². The van der Waals surface area contributed by atoms with Crippen molar-refractivity contribution in [1.82, 2.24) is 4.90 Å². The quantitative estimate of drug-likeness (QED) is 0.778. The van der Waals surface area contributed by atoms with Crippen molar-refractivity contribution in [2.45, 2.75) is 32.6 Å². The fourth-order valence-electron chi connectivity index (χ4n) is 2.12. The number of hydrogen-bond acceptors (Lipinski definition) is 3. The highest BCUT2D eigenvalue weighted by Crippen LogP contribution is 2.12. The molecule has 4 nitrogen and oxygen atoms in total. The molecule has 0 atom stereocenters. The lowest BCUT2D eigenvalue weighted by Crippen LogP contribution is -2.40. The highest BCUT2D eigenvalue weighted by Gasteiger charge is 2.24. The van der Waals surface area contributed by atoms with E-state index in [4.69, 9.17) is 0 Å². The largest absolute Gasteiger partial charge is 0.341 e. The number of rotatable bonds is 7. The molecular formula is C16H25NO3S. The summed E-state index contributed by atoms with van der Waals surface area (Å²) >= 11 is 0. The van der Waals surface area contributed by atoms with Gasteiger partial charge in [-0.15, -0.1) is 0 Å². The highest BCUT2D eigenvalue weighted by molar-refractivity contribution is 7.92. The fourth-order valence-corrected chi connectivity index (χ4v) is 3.37. The smallest absolute Gasteiger partial charge is 0.238 e. The summed E-state index contributed by atoms with van der Waals surface area (Å²) in [6, 6.07) is 8.13. The topological polar surface area (TPSA) is 54.5 Å². The van der Waals surface area contributed by atoms with Gasteiger partial charge in [0.15, 0.2) is 9.84 Å². The molecule has 0 fully saturated rings. The van der Waals surface area contributed by atoms with E-state index in [-0.39, 0.29) is 10.8 Å². The van der Waals surface area contributed by atoms with Gasteiger partial charge in [0.1, 0.15) is 5.75 Å². The number of hydrogen-bond donors (Lipinski definition) is 0. The van der Waals surface area contributed by atoms with Gasteiger partial charge in [-0.3, -0.25) is 4.79 Å². The molecule has 0 saturated heterocycles.